The fourth-order valence-electron chi connectivity index (χ4n) is 2.00. The maximum Gasteiger partial charge on any atom is 0.317 e. The zero-order valence-corrected chi connectivity index (χ0v) is 10.6. The van der Waals surface area contributed by atoms with Gasteiger partial charge in [0.25, 0.3) is 0 Å². The zero-order chi connectivity index (χ0) is 13.0. The standard InChI is InChI=1S/C13H19N3O2/c1-10-2-3-12(11(8-10)9-14)18-7-6-16-5-4-15-13(16)17/h2-3,8H,4-7,9,14H2,1H3,(H,15,17). The molecule has 5 nitrogen and oxygen atoms in total. The van der Waals surface area contributed by atoms with Gasteiger partial charge in [0.15, 0.2) is 0 Å². The molecule has 1 saturated heterocycles. The lowest BCUT2D eigenvalue weighted by Gasteiger charge is -2.16. The molecule has 0 radical (unpaired) electrons. The molecule has 1 aromatic rings. The van der Waals surface area contributed by atoms with E-state index in [-0.39, 0.29) is 6.03 Å². The quantitative estimate of drug-likeness (QED) is 0.813. The predicted molar refractivity (Wildman–Crippen MR) is 69.5 cm³/mol. The maximum absolute atomic E-state index is 11.3. The lowest BCUT2D eigenvalue weighted by molar-refractivity contribution is 0.202. The number of carbonyl (C=O) groups excluding carboxylic acids is 1. The topological polar surface area (TPSA) is 67.6 Å². The van der Waals surface area contributed by atoms with Crippen LogP contribution < -0.4 is 15.8 Å². The molecule has 5 heteroatoms. The second-order valence-electron chi connectivity index (χ2n) is 4.38. The van der Waals surface area contributed by atoms with Crippen LogP contribution >= 0.6 is 0 Å². The van der Waals surface area contributed by atoms with Gasteiger partial charge in [0.2, 0.25) is 0 Å². The molecule has 0 atom stereocenters. The summed E-state index contributed by atoms with van der Waals surface area (Å²) in [5.41, 5.74) is 7.85. The fourth-order valence-corrected chi connectivity index (χ4v) is 2.00. The third-order valence-corrected chi connectivity index (χ3v) is 3.00. The molecule has 0 saturated carbocycles. The number of nitrogens with zero attached hydrogens (tertiary/aromatic N) is 1. The van der Waals surface area contributed by atoms with E-state index in [0.29, 0.717) is 19.7 Å². The van der Waals surface area contributed by atoms with Gasteiger partial charge in [0.05, 0.1) is 6.54 Å². The highest BCUT2D eigenvalue weighted by atomic mass is 16.5. The minimum absolute atomic E-state index is 0.0124. The van der Waals surface area contributed by atoms with Crippen LogP contribution in [0.3, 0.4) is 0 Å². The number of rotatable bonds is 5. The van der Waals surface area contributed by atoms with Gasteiger partial charge in [0, 0.05) is 25.2 Å². The second kappa shape index (κ2) is 5.73. The summed E-state index contributed by atoms with van der Waals surface area (Å²) < 4.78 is 5.69. The van der Waals surface area contributed by atoms with Gasteiger partial charge < -0.3 is 20.7 Å². The summed E-state index contributed by atoms with van der Waals surface area (Å²) >= 11 is 0. The molecule has 2 amide bonds. The average molecular weight is 249 g/mol. The molecule has 1 aliphatic rings. The molecule has 1 aromatic carbocycles. The molecule has 0 unspecified atom stereocenters. The molecular weight excluding hydrogens is 230 g/mol. The van der Waals surface area contributed by atoms with Crippen LogP contribution in [0.25, 0.3) is 0 Å². The van der Waals surface area contributed by atoms with Crippen molar-refractivity contribution in [2.45, 2.75) is 13.5 Å². The summed E-state index contributed by atoms with van der Waals surface area (Å²) in [4.78, 5) is 13.1. The number of nitrogens with two attached hydrogens (primary N) is 1. The lowest BCUT2D eigenvalue weighted by Crippen LogP contribution is -2.31. The molecule has 2 rings (SSSR count). The van der Waals surface area contributed by atoms with Crippen LogP contribution in [-0.4, -0.2) is 37.2 Å². The molecule has 3 N–H and O–H groups in total. The number of nitrogens with one attached hydrogen (secondary N) is 1. The van der Waals surface area contributed by atoms with Crippen molar-refractivity contribution in [3.63, 3.8) is 0 Å². The van der Waals surface area contributed by atoms with E-state index in [1.807, 2.05) is 25.1 Å². The smallest absolute Gasteiger partial charge is 0.317 e. The number of aryl methyl sites for hydroxylation is 1. The maximum atomic E-state index is 11.3. The Bertz CT molecular complexity index is 434. The Morgan fingerprint density at radius 3 is 3.00 bits per heavy atom. The number of benzene rings is 1. The van der Waals surface area contributed by atoms with Crippen molar-refractivity contribution in [1.29, 1.82) is 0 Å². The molecule has 0 aliphatic carbocycles. The van der Waals surface area contributed by atoms with Crippen LogP contribution in [0.15, 0.2) is 18.2 Å². The van der Waals surface area contributed by atoms with E-state index in [9.17, 15) is 4.79 Å². The molecular formula is C13H19N3O2. The van der Waals surface area contributed by atoms with Crippen molar-refractivity contribution in [3.8, 4) is 5.75 Å². The van der Waals surface area contributed by atoms with Crippen LogP contribution in [0, 0.1) is 6.92 Å². The minimum Gasteiger partial charge on any atom is -0.491 e. The Kier molecular flexibility index (Phi) is 4.04. The first-order valence-electron chi connectivity index (χ1n) is 6.16. The molecule has 0 aromatic heterocycles. The Morgan fingerprint density at radius 1 is 1.50 bits per heavy atom. The first kappa shape index (κ1) is 12.7. The molecule has 1 fully saturated rings. The number of urea groups is 1. The third-order valence-electron chi connectivity index (χ3n) is 3.00. The lowest BCUT2D eigenvalue weighted by atomic mass is 10.1. The highest BCUT2D eigenvalue weighted by Crippen LogP contribution is 2.19. The van der Waals surface area contributed by atoms with Crippen LogP contribution in [0.1, 0.15) is 11.1 Å². The minimum atomic E-state index is -0.0124. The fraction of sp³-hybridized carbons (Fsp3) is 0.462. The van der Waals surface area contributed by atoms with E-state index in [2.05, 4.69) is 5.32 Å². The van der Waals surface area contributed by atoms with E-state index in [1.165, 1.54) is 5.56 Å². The van der Waals surface area contributed by atoms with Crippen molar-refractivity contribution in [2.75, 3.05) is 26.2 Å². The Hall–Kier alpha value is -1.75. The highest BCUT2D eigenvalue weighted by molar-refractivity contribution is 5.76. The van der Waals surface area contributed by atoms with E-state index in [1.54, 1.807) is 4.90 Å². The van der Waals surface area contributed by atoms with Gasteiger partial charge in [-0.1, -0.05) is 17.7 Å². The monoisotopic (exact) mass is 249 g/mol. The summed E-state index contributed by atoms with van der Waals surface area (Å²) in [6.07, 6.45) is 0. The van der Waals surface area contributed by atoms with E-state index in [0.717, 1.165) is 24.4 Å². The molecule has 0 spiro atoms. The number of carbonyl (C=O) groups is 1. The average Bonchev–Trinajstić information content (AvgIpc) is 2.77. The van der Waals surface area contributed by atoms with Crippen molar-refractivity contribution in [3.05, 3.63) is 29.3 Å². The van der Waals surface area contributed by atoms with E-state index < -0.39 is 0 Å². The van der Waals surface area contributed by atoms with Gasteiger partial charge in [-0.15, -0.1) is 0 Å². The van der Waals surface area contributed by atoms with Gasteiger partial charge >= 0.3 is 6.03 Å². The van der Waals surface area contributed by atoms with Crippen LogP contribution in [0.2, 0.25) is 0 Å². The third kappa shape index (κ3) is 2.92. The summed E-state index contributed by atoms with van der Waals surface area (Å²) in [5.74, 6) is 0.808. The SMILES string of the molecule is Cc1ccc(OCCN2CCNC2=O)c(CN)c1. The summed E-state index contributed by atoms with van der Waals surface area (Å²) in [7, 11) is 0. The van der Waals surface area contributed by atoms with E-state index >= 15 is 0 Å². The molecule has 18 heavy (non-hydrogen) atoms. The van der Waals surface area contributed by atoms with Crippen molar-refractivity contribution >= 4 is 6.03 Å². The van der Waals surface area contributed by atoms with E-state index in [4.69, 9.17) is 10.5 Å². The summed E-state index contributed by atoms with van der Waals surface area (Å²) in [5, 5.41) is 2.76. The molecule has 1 aliphatic heterocycles. The largest absolute Gasteiger partial charge is 0.491 e. The highest BCUT2D eigenvalue weighted by Gasteiger charge is 2.18. The first-order chi connectivity index (χ1) is 8.70. The van der Waals surface area contributed by atoms with Crippen molar-refractivity contribution in [1.82, 2.24) is 10.2 Å². The Morgan fingerprint density at radius 2 is 2.33 bits per heavy atom. The number of ether oxygens (including phenoxy) is 1. The first-order valence-corrected chi connectivity index (χ1v) is 6.16. The Balaban J connectivity index is 1.88. The summed E-state index contributed by atoms with van der Waals surface area (Å²) in [6.45, 7) is 5.04. The second-order valence-corrected chi connectivity index (χ2v) is 4.38. The number of hydrogen-bond acceptors (Lipinski definition) is 3. The molecule has 0 bridgehead atoms. The summed E-state index contributed by atoms with van der Waals surface area (Å²) in [6, 6.07) is 5.94. The predicted octanol–water partition coefficient (Wildman–Crippen LogP) is 0.858. The van der Waals surface area contributed by atoms with Crippen LogP contribution in [0.5, 0.6) is 5.75 Å². The van der Waals surface area contributed by atoms with Gasteiger partial charge in [-0.3, -0.25) is 0 Å². The van der Waals surface area contributed by atoms with Crippen molar-refractivity contribution in [2.24, 2.45) is 5.73 Å². The number of hydrogen-bond donors (Lipinski definition) is 2. The molecule has 98 valence electrons. The van der Waals surface area contributed by atoms with Crippen LogP contribution in [0.4, 0.5) is 4.79 Å². The molecule has 1 heterocycles. The van der Waals surface area contributed by atoms with Gasteiger partial charge in [-0.25, -0.2) is 4.79 Å². The zero-order valence-electron chi connectivity index (χ0n) is 10.6. The normalized spacial score (nSPS) is 14.8. The van der Waals surface area contributed by atoms with Gasteiger partial charge in [-0.05, 0) is 13.0 Å². The van der Waals surface area contributed by atoms with Gasteiger partial charge in [0.1, 0.15) is 12.4 Å². The number of amides is 2. The van der Waals surface area contributed by atoms with Gasteiger partial charge in [-0.2, -0.15) is 0 Å². The Labute approximate surface area is 107 Å². The van der Waals surface area contributed by atoms with Crippen molar-refractivity contribution < 1.29 is 9.53 Å². The van der Waals surface area contributed by atoms with Crippen LogP contribution in [-0.2, 0) is 6.54 Å².